The van der Waals surface area contributed by atoms with Gasteiger partial charge in [0.15, 0.2) is 5.78 Å². The number of ketones is 1. The third kappa shape index (κ3) is 3.45. The van der Waals surface area contributed by atoms with Crippen LogP contribution in [0.15, 0.2) is 42.0 Å². The van der Waals surface area contributed by atoms with Crippen molar-refractivity contribution in [3.8, 4) is 11.5 Å². The van der Waals surface area contributed by atoms with E-state index in [4.69, 9.17) is 9.47 Å². The first kappa shape index (κ1) is 18.0. The van der Waals surface area contributed by atoms with Crippen LogP contribution in [0.1, 0.15) is 33.5 Å². The second kappa shape index (κ2) is 6.86. The van der Waals surface area contributed by atoms with E-state index in [0.717, 1.165) is 11.6 Å². The highest BCUT2D eigenvalue weighted by molar-refractivity contribution is 6.13. The van der Waals surface area contributed by atoms with Gasteiger partial charge < -0.3 is 9.47 Å². The number of hydrogen-bond acceptors (Lipinski definition) is 3. The van der Waals surface area contributed by atoms with E-state index in [1.165, 1.54) is 32.4 Å². The Morgan fingerprint density at radius 1 is 0.962 bits per heavy atom. The SMILES string of the molecule is COc1ccc2c(c1)C(=O)/C(=C/c1ccc(OC)cc1C(F)(F)F)CC2. The molecule has 0 heterocycles. The van der Waals surface area contributed by atoms with E-state index in [1.807, 2.05) is 6.07 Å². The van der Waals surface area contributed by atoms with Crippen molar-refractivity contribution in [2.45, 2.75) is 19.0 Å². The van der Waals surface area contributed by atoms with Crippen LogP contribution in [-0.4, -0.2) is 20.0 Å². The minimum atomic E-state index is -4.54. The number of Topliss-reactive ketones (excluding diaryl/α,β-unsaturated/α-hetero) is 1. The zero-order valence-electron chi connectivity index (χ0n) is 14.3. The van der Waals surface area contributed by atoms with Crippen molar-refractivity contribution in [2.75, 3.05) is 14.2 Å². The van der Waals surface area contributed by atoms with Crippen LogP contribution in [0, 0.1) is 0 Å². The molecule has 0 aliphatic heterocycles. The molecule has 0 atom stereocenters. The molecule has 0 spiro atoms. The first-order valence-electron chi connectivity index (χ1n) is 8.01. The highest BCUT2D eigenvalue weighted by Crippen LogP contribution is 2.37. The van der Waals surface area contributed by atoms with Crippen molar-refractivity contribution in [3.05, 3.63) is 64.2 Å². The van der Waals surface area contributed by atoms with Crippen LogP contribution < -0.4 is 9.47 Å². The van der Waals surface area contributed by atoms with E-state index in [0.29, 0.717) is 29.7 Å². The Hall–Kier alpha value is -2.76. The first-order valence-corrected chi connectivity index (χ1v) is 8.01. The highest BCUT2D eigenvalue weighted by atomic mass is 19.4. The van der Waals surface area contributed by atoms with Gasteiger partial charge in [-0.05, 0) is 54.3 Å². The molecule has 0 aromatic heterocycles. The van der Waals surface area contributed by atoms with Crippen molar-refractivity contribution < 1.29 is 27.4 Å². The summed E-state index contributed by atoms with van der Waals surface area (Å²) < 4.78 is 50.1. The second-order valence-corrected chi connectivity index (χ2v) is 5.97. The highest BCUT2D eigenvalue weighted by Gasteiger charge is 2.34. The molecule has 0 radical (unpaired) electrons. The summed E-state index contributed by atoms with van der Waals surface area (Å²) in [4.78, 5) is 12.7. The lowest BCUT2D eigenvalue weighted by molar-refractivity contribution is -0.137. The fraction of sp³-hybridized carbons (Fsp3) is 0.250. The van der Waals surface area contributed by atoms with Gasteiger partial charge in [0.1, 0.15) is 11.5 Å². The van der Waals surface area contributed by atoms with Gasteiger partial charge in [-0.3, -0.25) is 4.79 Å². The van der Waals surface area contributed by atoms with Gasteiger partial charge in [0, 0.05) is 11.1 Å². The van der Waals surface area contributed by atoms with E-state index in [2.05, 4.69) is 0 Å². The van der Waals surface area contributed by atoms with Crippen molar-refractivity contribution in [1.82, 2.24) is 0 Å². The lowest BCUT2D eigenvalue weighted by atomic mass is 9.85. The van der Waals surface area contributed by atoms with Gasteiger partial charge in [-0.25, -0.2) is 0 Å². The molecule has 0 saturated carbocycles. The summed E-state index contributed by atoms with van der Waals surface area (Å²) in [5.41, 5.74) is 0.825. The zero-order valence-corrected chi connectivity index (χ0v) is 14.3. The van der Waals surface area contributed by atoms with Gasteiger partial charge in [0.25, 0.3) is 0 Å². The predicted octanol–water partition coefficient (Wildman–Crippen LogP) is 4.94. The molecule has 26 heavy (non-hydrogen) atoms. The Labute approximate surface area is 149 Å². The smallest absolute Gasteiger partial charge is 0.417 e. The third-order valence-corrected chi connectivity index (χ3v) is 4.41. The number of aryl methyl sites for hydroxylation is 1. The summed E-state index contributed by atoms with van der Waals surface area (Å²) in [5.74, 6) is 0.386. The number of rotatable bonds is 3. The maximum absolute atomic E-state index is 13.4. The maximum atomic E-state index is 13.4. The Morgan fingerprint density at radius 3 is 2.27 bits per heavy atom. The number of ether oxygens (including phenoxy) is 2. The number of benzene rings is 2. The van der Waals surface area contributed by atoms with Crippen LogP contribution >= 0.6 is 0 Å². The standard InChI is InChI=1S/C20H17F3O3/c1-25-15-7-5-12-3-4-14(19(24)17(12)10-15)9-13-6-8-16(26-2)11-18(13)20(21,22)23/h5-11H,3-4H2,1-2H3/b14-9+. The van der Waals surface area contributed by atoms with Crippen molar-refractivity contribution in [1.29, 1.82) is 0 Å². The van der Waals surface area contributed by atoms with E-state index >= 15 is 0 Å². The molecule has 0 N–H and O–H groups in total. The predicted molar refractivity (Wildman–Crippen MR) is 91.6 cm³/mol. The van der Waals surface area contributed by atoms with E-state index in [-0.39, 0.29) is 17.1 Å². The second-order valence-electron chi connectivity index (χ2n) is 5.97. The minimum Gasteiger partial charge on any atom is -0.497 e. The summed E-state index contributed by atoms with van der Waals surface area (Å²) in [7, 11) is 2.81. The summed E-state index contributed by atoms with van der Waals surface area (Å²) in [6.07, 6.45) is -2.23. The summed E-state index contributed by atoms with van der Waals surface area (Å²) >= 11 is 0. The molecule has 6 heteroatoms. The van der Waals surface area contributed by atoms with Crippen LogP contribution in [0.5, 0.6) is 11.5 Å². The van der Waals surface area contributed by atoms with Gasteiger partial charge in [-0.15, -0.1) is 0 Å². The maximum Gasteiger partial charge on any atom is 0.417 e. The topological polar surface area (TPSA) is 35.5 Å². The number of allylic oxidation sites excluding steroid dienone is 1. The van der Waals surface area contributed by atoms with Crippen LogP contribution in [0.25, 0.3) is 6.08 Å². The van der Waals surface area contributed by atoms with Crippen LogP contribution in [0.2, 0.25) is 0 Å². The van der Waals surface area contributed by atoms with Crippen LogP contribution in [0.4, 0.5) is 13.2 Å². The zero-order chi connectivity index (χ0) is 18.9. The fourth-order valence-corrected chi connectivity index (χ4v) is 3.03. The van der Waals surface area contributed by atoms with Gasteiger partial charge in [0.05, 0.1) is 19.8 Å². The molecule has 0 fully saturated rings. The van der Waals surface area contributed by atoms with Crippen molar-refractivity contribution >= 4 is 11.9 Å². The molecule has 2 aromatic carbocycles. The van der Waals surface area contributed by atoms with E-state index < -0.39 is 11.7 Å². The monoisotopic (exact) mass is 362 g/mol. The summed E-state index contributed by atoms with van der Waals surface area (Å²) in [5, 5.41) is 0. The fourth-order valence-electron chi connectivity index (χ4n) is 3.03. The largest absolute Gasteiger partial charge is 0.497 e. The van der Waals surface area contributed by atoms with Gasteiger partial charge >= 0.3 is 6.18 Å². The quantitative estimate of drug-likeness (QED) is 0.726. The normalized spacial score (nSPS) is 15.7. The Bertz CT molecular complexity index is 882. The molecule has 3 rings (SSSR count). The number of fused-ring (bicyclic) bond motifs is 1. The number of carbonyl (C=O) groups excluding carboxylic acids is 1. The number of carbonyl (C=O) groups is 1. The molecule has 0 bridgehead atoms. The molecule has 3 nitrogen and oxygen atoms in total. The van der Waals surface area contributed by atoms with Crippen molar-refractivity contribution in [2.24, 2.45) is 0 Å². The summed E-state index contributed by atoms with van der Waals surface area (Å²) in [6.45, 7) is 0. The molecule has 0 unspecified atom stereocenters. The molecule has 1 aliphatic carbocycles. The van der Waals surface area contributed by atoms with Gasteiger partial charge in [-0.2, -0.15) is 13.2 Å². The molecule has 136 valence electrons. The Balaban J connectivity index is 2.04. The van der Waals surface area contributed by atoms with Crippen molar-refractivity contribution in [3.63, 3.8) is 0 Å². The number of alkyl halides is 3. The molecule has 0 saturated heterocycles. The van der Waals surface area contributed by atoms with Crippen LogP contribution in [-0.2, 0) is 12.6 Å². The van der Waals surface area contributed by atoms with Gasteiger partial charge in [0.2, 0.25) is 0 Å². The average molecular weight is 362 g/mol. The molecular formula is C20H17F3O3. The van der Waals surface area contributed by atoms with E-state index in [1.54, 1.807) is 12.1 Å². The van der Waals surface area contributed by atoms with Crippen LogP contribution in [0.3, 0.4) is 0 Å². The summed E-state index contributed by atoms with van der Waals surface area (Å²) in [6, 6.07) is 8.93. The lowest BCUT2D eigenvalue weighted by Gasteiger charge is -2.19. The number of hydrogen-bond donors (Lipinski definition) is 0. The Morgan fingerprint density at radius 2 is 1.62 bits per heavy atom. The minimum absolute atomic E-state index is 0.0482. The number of methoxy groups -OCH3 is 2. The average Bonchev–Trinajstić information content (AvgIpc) is 2.63. The molecule has 2 aromatic rings. The molecule has 1 aliphatic rings. The lowest BCUT2D eigenvalue weighted by Crippen LogP contribution is -2.15. The first-order chi connectivity index (χ1) is 12.3. The van der Waals surface area contributed by atoms with Gasteiger partial charge in [-0.1, -0.05) is 12.1 Å². The number of halogens is 3. The third-order valence-electron chi connectivity index (χ3n) is 4.41. The molecular weight excluding hydrogens is 345 g/mol. The molecule has 0 amide bonds. The van der Waals surface area contributed by atoms with E-state index in [9.17, 15) is 18.0 Å². The Kier molecular flexibility index (Phi) is 4.76.